The number of rotatable bonds is 6. The van der Waals surface area contributed by atoms with Gasteiger partial charge in [0.25, 0.3) is 0 Å². The van der Waals surface area contributed by atoms with Crippen LogP contribution in [0.5, 0.6) is 0 Å². The molecule has 2 N–H and O–H groups in total. The number of carbonyl (C=O) groups is 2. The molecule has 0 heterocycles. The van der Waals surface area contributed by atoms with Gasteiger partial charge in [0.05, 0.1) is 0 Å². The zero-order valence-corrected chi connectivity index (χ0v) is 15.9. The van der Waals surface area contributed by atoms with Crippen molar-refractivity contribution in [1.82, 2.24) is 15.5 Å². The van der Waals surface area contributed by atoms with E-state index in [1.807, 2.05) is 52.0 Å². The summed E-state index contributed by atoms with van der Waals surface area (Å²) in [4.78, 5) is 25.6. The van der Waals surface area contributed by atoms with Gasteiger partial charge in [0.2, 0.25) is 5.91 Å². The Balaban J connectivity index is 2.45. The number of halogens is 1. The van der Waals surface area contributed by atoms with Crippen molar-refractivity contribution >= 4 is 27.9 Å². The van der Waals surface area contributed by atoms with Gasteiger partial charge in [-0.05, 0) is 45.7 Å². The number of benzene rings is 1. The van der Waals surface area contributed by atoms with Gasteiger partial charge in [-0.3, -0.25) is 4.79 Å². The fraction of sp³-hybridized carbons (Fsp3) is 0.529. The van der Waals surface area contributed by atoms with Crippen LogP contribution in [-0.4, -0.2) is 42.0 Å². The monoisotopic (exact) mass is 383 g/mol. The lowest BCUT2D eigenvalue weighted by molar-refractivity contribution is -0.123. The SMILES string of the molecule is CCN(CC(=O)NC(C)(C)C)C(=O)NCCc1ccccc1Br. The highest BCUT2D eigenvalue weighted by atomic mass is 79.9. The lowest BCUT2D eigenvalue weighted by Gasteiger charge is -2.25. The van der Waals surface area contributed by atoms with Crippen LogP contribution < -0.4 is 10.6 Å². The van der Waals surface area contributed by atoms with Crippen LogP contribution in [0.25, 0.3) is 0 Å². The van der Waals surface area contributed by atoms with Crippen LogP contribution >= 0.6 is 15.9 Å². The molecule has 0 unspecified atom stereocenters. The first kappa shape index (κ1) is 19.5. The third-order valence-electron chi connectivity index (χ3n) is 3.15. The van der Waals surface area contributed by atoms with Crippen molar-refractivity contribution in [2.75, 3.05) is 19.6 Å². The highest BCUT2D eigenvalue weighted by Gasteiger charge is 2.19. The van der Waals surface area contributed by atoms with Crippen molar-refractivity contribution in [3.05, 3.63) is 34.3 Å². The van der Waals surface area contributed by atoms with E-state index < -0.39 is 0 Å². The van der Waals surface area contributed by atoms with Crippen molar-refractivity contribution in [2.45, 2.75) is 39.7 Å². The standard InChI is InChI=1S/C17H26BrN3O2/c1-5-21(12-15(22)20-17(2,3)4)16(23)19-11-10-13-8-6-7-9-14(13)18/h6-9H,5,10-12H2,1-4H3,(H,19,23)(H,20,22). The first-order valence-corrected chi connectivity index (χ1v) is 8.59. The maximum absolute atomic E-state index is 12.2. The van der Waals surface area contributed by atoms with Crippen molar-refractivity contribution in [1.29, 1.82) is 0 Å². The predicted octanol–water partition coefficient (Wildman–Crippen LogP) is 2.94. The highest BCUT2D eigenvalue weighted by Crippen LogP contribution is 2.15. The second kappa shape index (κ2) is 8.91. The minimum atomic E-state index is -0.299. The molecule has 0 atom stereocenters. The molecule has 1 aromatic carbocycles. The zero-order valence-electron chi connectivity index (χ0n) is 14.3. The van der Waals surface area contributed by atoms with E-state index in [1.54, 1.807) is 0 Å². The molecule has 23 heavy (non-hydrogen) atoms. The third-order valence-corrected chi connectivity index (χ3v) is 3.92. The summed E-state index contributed by atoms with van der Waals surface area (Å²) < 4.78 is 1.03. The summed E-state index contributed by atoms with van der Waals surface area (Å²) in [5.41, 5.74) is 0.841. The maximum atomic E-state index is 12.2. The molecule has 0 aliphatic rings. The van der Waals surface area contributed by atoms with Crippen LogP contribution in [0.3, 0.4) is 0 Å². The van der Waals surface area contributed by atoms with Crippen LogP contribution in [0.4, 0.5) is 4.79 Å². The van der Waals surface area contributed by atoms with Gasteiger partial charge in [-0.1, -0.05) is 34.1 Å². The molecule has 0 bridgehead atoms. The minimum absolute atomic E-state index is 0.0641. The average molecular weight is 384 g/mol. The van der Waals surface area contributed by atoms with E-state index in [0.29, 0.717) is 13.1 Å². The molecule has 0 aromatic heterocycles. The van der Waals surface area contributed by atoms with Gasteiger partial charge in [0.15, 0.2) is 0 Å². The van der Waals surface area contributed by atoms with Gasteiger partial charge in [-0.2, -0.15) is 0 Å². The molecule has 0 saturated carbocycles. The number of hydrogen-bond donors (Lipinski definition) is 2. The second-order valence-corrected chi connectivity index (χ2v) is 7.24. The Bertz CT molecular complexity index is 541. The Morgan fingerprint density at radius 3 is 2.43 bits per heavy atom. The Morgan fingerprint density at radius 1 is 1.22 bits per heavy atom. The predicted molar refractivity (Wildman–Crippen MR) is 96.4 cm³/mol. The molecule has 0 spiro atoms. The fourth-order valence-electron chi connectivity index (χ4n) is 2.08. The largest absolute Gasteiger partial charge is 0.350 e. The molecule has 6 heteroatoms. The van der Waals surface area contributed by atoms with Crippen LogP contribution in [0.15, 0.2) is 28.7 Å². The van der Waals surface area contributed by atoms with Gasteiger partial charge in [-0.25, -0.2) is 4.79 Å². The van der Waals surface area contributed by atoms with E-state index in [1.165, 1.54) is 4.90 Å². The summed E-state index contributed by atoms with van der Waals surface area (Å²) in [7, 11) is 0. The van der Waals surface area contributed by atoms with Crippen molar-refractivity contribution in [3.63, 3.8) is 0 Å². The molecule has 5 nitrogen and oxygen atoms in total. The lowest BCUT2D eigenvalue weighted by Crippen LogP contribution is -2.49. The number of carbonyl (C=O) groups excluding carboxylic acids is 2. The molecule has 0 fully saturated rings. The first-order chi connectivity index (χ1) is 10.7. The number of hydrogen-bond acceptors (Lipinski definition) is 2. The Kier molecular flexibility index (Phi) is 7.55. The zero-order chi connectivity index (χ0) is 17.5. The Morgan fingerprint density at radius 2 is 1.87 bits per heavy atom. The number of urea groups is 1. The first-order valence-electron chi connectivity index (χ1n) is 7.80. The van der Waals surface area contributed by atoms with Gasteiger partial charge in [-0.15, -0.1) is 0 Å². The molecule has 0 aliphatic carbocycles. The molecule has 128 valence electrons. The van der Waals surface area contributed by atoms with Crippen molar-refractivity contribution < 1.29 is 9.59 Å². The van der Waals surface area contributed by atoms with Crippen molar-refractivity contribution in [3.8, 4) is 0 Å². The summed E-state index contributed by atoms with van der Waals surface area (Å²) in [6.45, 7) is 8.68. The van der Waals surface area contributed by atoms with Gasteiger partial charge < -0.3 is 15.5 Å². The van der Waals surface area contributed by atoms with Gasteiger partial charge in [0, 0.05) is 23.1 Å². The van der Waals surface area contributed by atoms with E-state index in [-0.39, 0.29) is 24.0 Å². The molecule has 3 amide bonds. The molecule has 0 radical (unpaired) electrons. The Hall–Kier alpha value is -1.56. The summed E-state index contributed by atoms with van der Waals surface area (Å²) >= 11 is 3.49. The van der Waals surface area contributed by atoms with E-state index in [2.05, 4.69) is 26.6 Å². The van der Waals surface area contributed by atoms with Gasteiger partial charge >= 0.3 is 6.03 Å². The van der Waals surface area contributed by atoms with E-state index >= 15 is 0 Å². The van der Waals surface area contributed by atoms with Crippen LogP contribution in [0.2, 0.25) is 0 Å². The molecular formula is C17H26BrN3O2. The molecule has 0 aliphatic heterocycles. The van der Waals surface area contributed by atoms with E-state index in [0.717, 1.165) is 16.5 Å². The quantitative estimate of drug-likeness (QED) is 0.792. The van der Waals surface area contributed by atoms with Crippen LogP contribution in [0, 0.1) is 0 Å². The highest BCUT2D eigenvalue weighted by molar-refractivity contribution is 9.10. The van der Waals surface area contributed by atoms with E-state index in [4.69, 9.17) is 0 Å². The number of likely N-dealkylation sites (N-methyl/N-ethyl adjacent to an activating group) is 1. The topological polar surface area (TPSA) is 61.4 Å². The molecule has 0 saturated heterocycles. The second-order valence-electron chi connectivity index (χ2n) is 6.39. The van der Waals surface area contributed by atoms with Crippen LogP contribution in [0.1, 0.15) is 33.3 Å². The molecular weight excluding hydrogens is 358 g/mol. The molecule has 1 rings (SSSR count). The van der Waals surface area contributed by atoms with E-state index in [9.17, 15) is 9.59 Å². The normalized spacial score (nSPS) is 11.0. The Labute approximate surface area is 146 Å². The summed E-state index contributed by atoms with van der Waals surface area (Å²) in [5.74, 6) is -0.152. The van der Waals surface area contributed by atoms with Gasteiger partial charge in [0.1, 0.15) is 6.54 Å². The number of nitrogens with one attached hydrogen (secondary N) is 2. The summed E-state index contributed by atoms with van der Waals surface area (Å²) in [5, 5.41) is 5.73. The van der Waals surface area contributed by atoms with Crippen LogP contribution in [-0.2, 0) is 11.2 Å². The average Bonchev–Trinajstić information content (AvgIpc) is 2.44. The smallest absolute Gasteiger partial charge is 0.317 e. The number of nitrogens with zero attached hydrogens (tertiary/aromatic N) is 1. The minimum Gasteiger partial charge on any atom is -0.350 e. The summed E-state index contributed by atoms with van der Waals surface area (Å²) in [6, 6.07) is 7.70. The third kappa shape index (κ3) is 7.50. The molecule has 1 aromatic rings. The lowest BCUT2D eigenvalue weighted by atomic mass is 10.1. The maximum Gasteiger partial charge on any atom is 0.317 e. The van der Waals surface area contributed by atoms with Crippen molar-refractivity contribution in [2.24, 2.45) is 0 Å². The number of amides is 3. The fourth-order valence-corrected chi connectivity index (χ4v) is 2.56. The summed E-state index contributed by atoms with van der Waals surface area (Å²) in [6.07, 6.45) is 0.735.